The summed E-state index contributed by atoms with van der Waals surface area (Å²) in [6.45, 7) is 3.97. The van der Waals surface area contributed by atoms with E-state index in [4.69, 9.17) is 5.26 Å². The number of piperidine rings is 1. The fourth-order valence-electron chi connectivity index (χ4n) is 3.01. The second-order valence-electron chi connectivity index (χ2n) is 5.29. The van der Waals surface area contributed by atoms with Gasteiger partial charge in [0, 0.05) is 12.6 Å². The van der Waals surface area contributed by atoms with Crippen LogP contribution in [-0.4, -0.2) is 37.1 Å². The van der Waals surface area contributed by atoms with E-state index in [2.05, 4.69) is 16.3 Å². The summed E-state index contributed by atoms with van der Waals surface area (Å²) in [7, 11) is 0. The lowest BCUT2D eigenvalue weighted by Gasteiger charge is -2.32. The van der Waals surface area contributed by atoms with Crippen LogP contribution >= 0.6 is 0 Å². The highest BCUT2D eigenvalue weighted by Crippen LogP contribution is 2.24. The van der Waals surface area contributed by atoms with Crippen molar-refractivity contribution in [2.24, 2.45) is 5.92 Å². The van der Waals surface area contributed by atoms with E-state index in [0.717, 1.165) is 19.0 Å². The Morgan fingerprint density at radius 1 is 1.19 bits per heavy atom. The van der Waals surface area contributed by atoms with E-state index >= 15 is 0 Å². The number of hydrogen-bond donors (Lipinski definition) is 1. The van der Waals surface area contributed by atoms with Crippen LogP contribution in [0.2, 0.25) is 0 Å². The monoisotopic (exact) mass is 221 g/mol. The number of nitrogens with zero attached hydrogens (tertiary/aromatic N) is 2. The van der Waals surface area contributed by atoms with E-state index in [1.54, 1.807) is 0 Å². The van der Waals surface area contributed by atoms with E-state index < -0.39 is 0 Å². The lowest BCUT2D eigenvalue weighted by molar-refractivity contribution is 0.205. The predicted octanol–water partition coefficient (Wildman–Crippen LogP) is 1.75. The van der Waals surface area contributed by atoms with Crippen LogP contribution in [0.4, 0.5) is 0 Å². The fraction of sp³-hybridized carbons (Fsp3) is 0.923. The van der Waals surface area contributed by atoms with Crippen molar-refractivity contribution in [3.63, 3.8) is 0 Å². The van der Waals surface area contributed by atoms with E-state index in [0.29, 0.717) is 12.6 Å². The van der Waals surface area contributed by atoms with Crippen molar-refractivity contribution >= 4 is 0 Å². The number of hydrogen-bond acceptors (Lipinski definition) is 3. The third-order valence-corrected chi connectivity index (χ3v) is 3.97. The Morgan fingerprint density at radius 3 is 2.75 bits per heavy atom. The van der Waals surface area contributed by atoms with Crippen molar-refractivity contribution in [1.82, 2.24) is 10.2 Å². The lowest BCUT2D eigenvalue weighted by Crippen LogP contribution is -2.46. The van der Waals surface area contributed by atoms with Crippen molar-refractivity contribution in [1.29, 1.82) is 5.26 Å². The summed E-state index contributed by atoms with van der Waals surface area (Å²) in [5, 5.41) is 12.4. The molecule has 0 aromatic carbocycles. The Morgan fingerprint density at radius 2 is 2.00 bits per heavy atom. The van der Waals surface area contributed by atoms with Crippen molar-refractivity contribution in [3.8, 4) is 6.07 Å². The molecule has 1 atom stereocenters. The standard InChI is InChI=1S/C13H23N3/c14-7-9-16-8-3-6-13(11-16)15-10-12-4-1-2-5-12/h12-13,15H,1-6,8-11H2. The molecule has 0 bridgehead atoms. The molecule has 0 radical (unpaired) electrons. The summed E-state index contributed by atoms with van der Waals surface area (Å²) in [5.41, 5.74) is 0. The minimum atomic E-state index is 0.599. The molecule has 1 aliphatic heterocycles. The third kappa shape index (κ3) is 3.47. The van der Waals surface area contributed by atoms with Crippen LogP contribution in [-0.2, 0) is 0 Å². The van der Waals surface area contributed by atoms with Crippen LogP contribution in [0.3, 0.4) is 0 Å². The van der Waals surface area contributed by atoms with Crippen molar-refractivity contribution in [2.75, 3.05) is 26.2 Å². The minimum Gasteiger partial charge on any atom is -0.312 e. The highest BCUT2D eigenvalue weighted by atomic mass is 15.2. The highest BCUT2D eigenvalue weighted by Gasteiger charge is 2.21. The van der Waals surface area contributed by atoms with E-state index in [1.165, 1.54) is 45.1 Å². The molecule has 1 saturated heterocycles. The molecule has 0 spiro atoms. The van der Waals surface area contributed by atoms with E-state index in [-0.39, 0.29) is 0 Å². The molecule has 0 amide bonds. The van der Waals surface area contributed by atoms with Crippen molar-refractivity contribution < 1.29 is 0 Å². The second kappa shape index (κ2) is 6.22. The lowest BCUT2D eigenvalue weighted by atomic mass is 10.0. The number of likely N-dealkylation sites (tertiary alicyclic amines) is 1. The largest absolute Gasteiger partial charge is 0.312 e. The maximum Gasteiger partial charge on any atom is 0.0866 e. The van der Waals surface area contributed by atoms with Gasteiger partial charge in [0.2, 0.25) is 0 Å². The molecule has 1 unspecified atom stereocenters. The van der Waals surface area contributed by atoms with Gasteiger partial charge >= 0.3 is 0 Å². The van der Waals surface area contributed by atoms with Gasteiger partial charge in [0.05, 0.1) is 12.6 Å². The van der Waals surface area contributed by atoms with Gasteiger partial charge in [-0.3, -0.25) is 4.90 Å². The predicted molar refractivity (Wildman–Crippen MR) is 65.0 cm³/mol. The molecule has 1 heterocycles. The molecular formula is C13H23N3. The maximum absolute atomic E-state index is 8.70. The summed E-state index contributed by atoms with van der Waals surface area (Å²) in [4.78, 5) is 2.27. The van der Waals surface area contributed by atoms with Gasteiger partial charge in [-0.25, -0.2) is 0 Å². The molecule has 0 aromatic heterocycles. The summed E-state index contributed by atoms with van der Waals surface area (Å²) in [5.74, 6) is 0.923. The van der Waals surface area contributed by atoms with Gasteiger partial charge in [-0.2, -0.15) is 5.26 Å². The fourth-order valence-corrected chi connectivity index (χ4v) is 3.01. The first-order valence-corrected chi connectivity index (χ1v) is 6.71. The van der Waals surface area contributed by atoms with Gasteiger partial charge in [-0.15, -0.1) is 0 Å². The van der Waals surface area contributed by atoms with Gasteiger partial charge in [0.25, 0.3) is 0 Å². The molecule has 1 aliphatic carbocycles. The summed E-state index contributed by atoms with van der Waals surface area (Å²) in [6.07, 6.45) is 8.22. The first kappa shape index (κ1) is 11.9. The van der Waals surface area contributed by atoms with Crippen LogP contribution in [0.5, 0.6) is 0 Å². The molecule has 2 rings (SSSR count). The second-order valence-corrected chi connectivity index (χ2v) is 5.29. The average Bonchev–Trinajstić information content (AvgIpc) is 2.80. The Hall–Kier alpha value is -0.590. The van der Waals surface area contributed by atoms with E-state index in [1.807, 2.05) is 0 Å². The zero-order valence-electron chi connectivity index (χ0n) is 10.1. The quantitative estimate of drug-likeness (QED) is 0.735. The molecule has 1 N–H and O–H groups in total. The van der Waals surface area contributed by atoms with Gasteiger partial charge in [-0.1, -0.05) is 12.8 Å². The summed E-state index contributed by atoms with van der Waals surface area (Å²) in [6, 6.07) is 2.88. The minimum absolute atomic E-state index is 0.599. The molecule has 16 heavy (non-hydrogen) atoms. The molecule has 3 heteroatoms. The first-order chi connectivity index (χ1) is 7.88. The molecule has 2 fully saturated rings. The van der Waals surface area contributed by atoms with Crippen molar-refractivity contribution in [2.45, 2.75) is 44.6 Å². The Kier molecular flexibility index (Phi) is 4.62. The smallest absolute Gasteiger partial charge is 0.0866 e. The average molecular weight is 221 g/mol. The topological polar surface area (TPSA) is 39.1 Å². The van der Waals surface area contributed by atoms with Crippen LogP contribution < -0.4 is 5.32 Å². The molecule has 0 aromatic rings. The van der Waals surface area contributed by atoms with Gasteiger partial charge < -0.3 is 5.32 Å². The van der Waals surface area contributed by atoms with Gasteiger partial charge in [0.15, 0.2) is 0 Å². The summed E-state index contributed by atoms with van der Waals surface area (Å²) >= 11 is 0. The Labute approximate surface area is 98.8 Å². The SMILES string of the molecule is N#CCN1CCCC(NCC2CCCC2)C1. The zero-order valence-corrected chi connectivity index (χ0v) is 10.1. The van der Waals surface area contributed by atoms with Crippen LogP contribution in [0, 0.1) is 17.2 Å². The molecule has 2 aliphatic rings. The zero-order chi connectivity index (χ0) is 11.2. The molecule has 3 nitrogen and oxygen atoms in total. The maximum atomic E-state index is 8.70. The summed E-state index contributed by atoms with van der Waals surface area (Å²) < 4.78 is 0. The van der Waals surface area contributed by atoms with E-state index in [9.17, 15) is 0 Å². The van der Waals surface area contributed by atoms with Gasteiger partial charge in [-0.05, 0) is 44.7 Å². The molecular weight excluding hydrogens is 198 g/mol. The molecule has 1 saturated carbocycles. The Bertz CT molecular complexity index is 240. The molecule has 90 valence electrons. The number of nitrogens with one attached hydrogen (secondary N) is 1. The van der Waals surface area contributed by atoms with Crippen LogP contribution in [0.25, 0.3) is 0 Å². The highest BCUT2D eigenvalue weighted by molar-refractivity contribution is 4.84. The first-order valence-electron chi connectivity index (χ1n) is 6.71. The number of nitriles is 1. The Balaban J connectivity index is 1.66. The van der Waals surface area contributed by atoms with Crippen molar-refractivity contribution in [3.05, 3.63) is 0 Å². The van der Waals surface area contributed by atoms with Crippen LogP contribution in [0.1, 0.15) is 38.5 Å². The third-order valence-electron chi connectivity index (χ3n) is 3.97. The normalized spacial score (nSPS) is 28.1. The van der Waals surface area contributed by atoms with Crippen LogP contribution in [0.15, 0.2) is 0 Å². The van der Waals surface area contributed by atoms with Gasteiger partial charge in [0.1, 0.15) is 0 Å². The number of rotatable bonds is 4.